The summed E-state index contributed by atoms with van der Waals surface area (Å²) in [7, 11) is 0. The molecule has 57 heavy (non-hydrogen) atoms. The van der Waals surface area contributed by atoms with Crippen LogP contribution in [0.1, 0.15) is 76.3 Å². The van der Waals surface area contributed by atoms with Crippen LogP contribution in [0.4, 0.5) is 17.1 Å². The summed E-state index contributed by atoms with van der Waals surface area (Å²) in [5.41, 5.74) is 17.4. The zero-order valence-electron chi connectivity index (χ0n) is 34.3. The highest BCUT2D eigenvalue weighted by Gasteiger charge is 2.41. The Morgan fingerprint density at radius 2 is 0.947 bits per heavy atom. The van der Waals surface area contributed by atoms with Gasteiger partial charge in [0.25, 0.3) is 0 Å². The Labute approximate surface area is 339 Å². The van der Waals surface area contributed by atoms with Crippen LogP contribution in [0.2, 0.25) is 0 Å². The molecule has 1 aliphatic rings. The second kappa shape index (κ2) is 13.8. The summed E-state index contributed by atoms with van der Waals surface area (Å²) in [6.45, 7) is 16.3. The van der Waals surface area contributed by atoms with Gasteiger partial charge in [-0.3, -0.25) is 0 Å². The van der Waals surface area contributed by atoms with Crippen LogP contribution in [0.5, 0.6) is 0 Å². The van der Waals surface area contributed by atoms with Gasteiger partial charge in [0.2, 0.25) is 0 Å². The second-order valence-corrected chi connectivity index (χ2v) is 18.0. The van der Waals surface area contributed by atoms with Gasteiger partial charge < -0.3 is 4.90 Å². The fourth-order valence-corrected chi connectivity index (χ4v) is 9.06. The van der Waals surface area contributed by atoms with E-state index in [0.29, 0.717) is 0 Å². The Morgan fingerprint density at radius 3 is 1.61 bits per heavy atom. The molecular formula is C56H51N. The van der Waals surface area contributed by atoms with E-state index < -0.39 is 0 Å². The van der Waals surface area contributed by atoms with Gasteiger partial charge in [-0.25, -0.2) is 0 Å². The molecule has 0 fully saturated rings. The Hall–Kier alpha value is -6.18. The topological polar surface area (TPSA) is 3.24 Å². The van der Waals surface area contributed by atoms with Crippen LogP contribution in [0.25, 0.3) is 44.2 Å². The van der Waals surface area contributed by atoms with E-state index in [2.05, 4.69) is 235 Å². The minimum atomic E-state index is -0.302. The lowest BCUT2D eigenvalue weighted by Crippen LogP contribution is -2.22. The average molecular weight is 738 g/mol. The van der Waals surface area contributed by atoms with E-state index in [-0.39, 0.29) is 16.2 Å². The Morgan fingerprint density at radius 1 is 0.404 bits per heavy atom. The van der Waals surface area contributed by atoms with Crippen molar-refractivity contribution in [1.82, 2.24) is 0 Å². The van der Waals surface area contributed by atoms with Crippen LogP contribution in [0.15, 0.2) is 182 Å². The molecule has 1 atom stereocenters. The number of rotatable bonds is 6. The van der Waals surface area contributed by atoms with Crippen LogP contribution in [0.3, 0.4) is 0 Å². The van der Waals surface area contributed by atoms with Gasteiger partial charge in [0, 0.05) is 22.4 Å². The van der Waals surface area contributed by atoms with E-state index in [4.69, 9.17) is 0 Å². The van der Waals surface area contributed by atoms with Crippen molar-refractivity contribution in [2.75, 3.05) is 4.90 Å². The first-order chi connectivity index (χ1) is 27.4. The van der Waals surface area contributed by atoms with Gasteiger partial charge in [-0.1, -0.05) is 193 Å². The molecule has 0 spiro atoms. The summed E-state index contributed by atoms with van der Waals surface area (Å²) in [6, 6.07) is 67.8. The molecule has 0 radical (unpaired) electrons. The van der Waals surface area contributed by atoms with Gasteiger partial charge in [0.05, 0.1) is 5.69 Å². The first-order valence-corrected chi connectivity index (χ1v) is 20.4. The highest BCUT2D eigenvalue weighted by Crippen LogP contribution is 2.54. The number of benzene rings is 8. The van der Waals surface area contributed by atoms with Crippen molar-refractivity contribution in [3.8, 4) is 33.4 Å². The predicted octanol–water partition coefficient (Wildman–Crippen LogP) is 15.6. The number of nitrogens with zero attached hydrogens (tertiary/aromatic N) is 1. The lowest BCUT2D eigenvalue weighted by molar-refractivity contribution is 0.569. The summed E-state index contributed by atoms with van der Waals surface area (Å²) < 4.78 is 0. The van der Waals surface area contributed by atoms with E-state index in [1.165, 1.54) is 72.0 Å². The molecule has 0 saturated heterocycles. The van der Waals surface area contributed by atoms with Gasteiger partial charge in [0.1, 0.15) is 0 Å². The van der Waals surface area contributed by atoms with Crippen LogP contribution in [-0.2, 0) is 16.2 Å². The fourth-order valence-electron chi connectivity index (χ4n) is 9.06. The minimum absolute atomic E-state index is 0.0139. The number of hydrogen-bond acceptors (Lipinski definition) is 1. The van der Waals surface area contributed by atoms with Crippen LogP contribution in [0, 0.1) is 0 Å². The van der Waals surface area contributed by atoms with Crippen molar-refractivity contribution in [2.24, 2.45) is 0 Å². The van der Waals surface area contributed by atoms with Crippen molar-refractivity contribution >= 4 is 27.8 Å². The highest BCUT2D eigenvalue weighted by atomic mass is 15.1. The molecule has 1 nitrogen and oxygen atoms in total. The molecule has 0 aliphatic heterocycles. The van der Waals surface area contributed by atoms with Gasteiger partial charge >= 0.3 is 0 Å². The molecule has 0 amide bonds. The van der Waals surface area contributed by atoms with Gasteiger partial charge in [0.15, 0.2) is 0 Å². The van der Waals surface area contributed by atoms with Crippen molar-refractivity contribution in [3.63, 3.8) is 0 Å². The van der Waals surface area contributed by atoms with Gasteiger partial charge in [-0.15, -0.1) is 0 Å². The highest BCUT2D eigenvalue weighted by molar-refractivity contribution is 6.09. The van der Waals surface area contributed by atoms with Crippen LogP contribution < -0.4 is 4.90 Å². The van der Waals surface area contributed by atoms with Crippen LogP contribution in [-0.4, -0.2) is 0 Å². The van der Waals surface area contributed by atoms with Gasteiger partial charge in [-0.05, 0) is 114 Å². The summed E-state index contributed by atoms with van der Waals surface area (Å²) in [4.78, 5) is 2.46. The molecule has 8 aromatic carbocycles. The first kappa shape index (κ1) is 36.5. The molecule has 1 unspecified atom stereocenters. The lowest BCUT2D eigenvalue weighted by atomic mass is 9.74. The third-order valence-corrected chi connectivity index (χ3v) is 12.2. The van der Waals surface area contributed by atoms with Crippen LogP contribution >= 0.6 is 0 Å². The number of para-hydroxylation sites is 2. The molecule has 8 aromatic rings. The maximum atomic E-state index is 2.46. The zero-order valence-corrected chi connectivity index (χ0v) is 34.3. The van der Waals surface area contributed by atoms with Gasteiger partial charge in [-0.2, -0.15) is 0 Å². The maximum absolute atomic E-state index is 2.46. The molecule has 280 valence electrons. The monoisotopic (exact) mass is 737 g/mol. The zero-order chi connectivity index (χ0) is 39.5. The van der Waals surface area contributed by atoms with E-state index in [1.54, 1.807) is 0 Å². The molecule has 0 saturated carbocycles. The molecule has 0 N–H and O–H groups in total. The quantitative estimate of drug-likeness (QED) is 0.164. The summed E-state index contributed by atoms with van der Waals surface area (Å²) in [6.07, 6.45) is 0. The Bertz CT molecular complexity index is 2720. The normalized spacial score (nSPS) is 15.0. The minimum Gasteiger partial charge on any atom is -0.310 e. The Balaban J connectivity index is 1.28. The molecule has 0 aromatic heterocycles. The van der Waals surface area contributed by atoms with E-state index in [0.717, 1.165) is 17.1 Å². The largest absolute Gasteiger partial charge is 0.310 e. The fraction of sp³-hybridized carbons (Fsp3) is 0.179. The third-order valence-electron chi connectivity index (χ3n) is 12.2. The number of hydrogen-bond donors (Lipinski definition) is 0. The number of fused-ring (bicyclic) bond motifs is 4. The average Bonchev–Trinajstić information content (AvgIpc) is 3.48. The summed E-state index contributed by atoms with van der Waals surface area (Å²) in [5, 5.41) is 2.51. The molecule has 1 heteroatoms. The van der Waals surface area contributed by atoms with Crippen molar-refractivity contribution in [3.05, 3.63) is 210 Å². The van der Waals surface area contributed by atoms with E-state index in [9.17, 15) is 0 Å². The lowest BCUT2D eigenvalue weighted by Gasteiger charge is -2.31. The number of anilines is 3. The molecule has 0 heterocycles. The SMILES string of the molecule is CC(C)(C)c1cc(-c2cccc3cccc(-c4ccccc4N(c4ccccc4)c4ccc5c(c4)C(C)(c4ccccc4)c4ccccc4-5)c23)cc(C(C)(C)C)c1. The summed E-state index contributed by atoms with van der Waals surface area (Å²) >= 11 is 0. The van der Waals surface area contributed by atoms with Crippen molar-refractivity contribution < 1.29 is 0 Å². The van der Waals surface area contributed by atoms with Crippen molar-refractivity contribution in [2.45, 2.75) is 64.7 Å². The maximum Gasteiger partial charge on any atom is 0.0540 e. The predicted molar refractivity (Wildman–Crippen MR) is 244 cm³/mol. The molecular weight excluding hydrogens is 687 g/mol. The molecule has 0 bridgehead atoms. The second-order valence-electron chi connectivity index (χ2n) is 18.0. The standard InChI is InChI=1S/C56H51N/c1-54(2,3)41-34-39(35-42(36-41)55(4,5)6)45-28-18-20-38-21-19-29-49(53(38)45)48-27-15-17-31-52(48)57(43-24-12-9-13-25-43)44-32-33-47-46-26-14-16-30-50(46)56(7,51(47)37-44)40-22-10-8-11-23-40/h8-37H,1-7H3. The Kier molecular flexibility index (Phi) is 8.82. The molecule has 1 aliphatic carbocycles. The molecule has 9 rings (SSSR count). The third kappa shape index (κ3) is 6.27. The van der Waals surface area contributed by atoms with E-state index >= 15 is 0 Å². The van der Waals surface area contributed by atoms with E-state index in [1.807, 2.05) is 0 Å². The van der Waals surface area contributed by atoms with Crippen molar-refractivity contribution in [1.29, 1.82) is 0 Å². The smallest absolute Gasteiger partial charge is 0.0540 e. The first-order valence-electron chi connectivity index (χ1n) is 20.4. The summed E-state index contributed by atoms with van der Waals surface area (Å²) in [5.74, 6) is 0.